The fourth-order valence-electron chi connectivity index (χ4n) is 6.80. The summed E-state index contributed by atoms with van der Waals surface area (Å²) in [5.41, 5.74) is 0. The Kier molecular flexibility index (Phi) is 39.0. The molecule has 0 rings (SSSR count). The van der Waals surface area contributed by atoms with Crippen molar-refractivity contribution >= 4 is 5.91 Å². The molecule has 0 aromatic carbocycles. The molecule has 0 saturated heterocycles. The van der Waals surface area contributed by atoms with Crippen LogP contribution in [0.1, 0.15) is 226 Å². The number of allylic oxidation sites excluding steroid dienone is 4. The molecule has 0 spiro atoms. The quantitative estimate of drug-likeness (QED) is 0.0320. The summed E-state index contributed by atoms with van der Waals surface area (Å²) < 4.78 is 0. The van der Waals surface area contributed by atoms with Gasteiger partial charge in [0.2, 0.25) is 5.91 Å². The molecule has 0 saturated carbocycles. The summed E-state index contributed by atoms with van der Waals surface area (Å²) >= 11 is 0. The summed E-state index contributed by atoms with van der Waals surface area (Å²) in [4.78, 5) is 12.4. The predicted octanol–water partition coefficient (Wildman–Crippen LogP) is 11.6. The Morgan fingerprint density at radius 2 is 0.824 bits per heavy atom. The van der Waals surface area contributed by atoms with Gasteiger partial charge in [-0.15, -0.1) is 0 Å². The summed E-state index contributed by atoms with van der Waals surface area (Å²) in [6, 6.07) is -1.00. The maximum atomic E-state index is 12.4. The van der Waals surface area contributed by atoms with Gasteiger partial charge in [0.25, 0.3) is 0 Å². The zero-order valence-electron chi connectivity index (χ0n) is 33.9. The minimum atomic E-state index is -1.28. The Balaban J connectivity index is 3.66. The summed E-state index contributed by atoms with van der Waals surface area (Å²) in [6.07, 6.45) is 45.3. The zero-order chi connectivity index (χ0) is 37.5. The molecule has 0 aromatic rings. The van der Waals surface area contributed by atoms with E-state index in [2.05, 4.69) is 43.5 Å². The first-order valence-electron chi connectivity index (χ1n) is 22.2. The lowest BCUT2D eigenvalue weighted by Crippen LogP contribution is -2.53. The highest BCUT2D eigenvalue weighted by atomic mass is 16.3. The van der Waals surface area contributed by atoms with Crippen molar-refractivity contribution in [3.05, 3.63) is 24.3 Å². The number of hydrogen-bond acceptors (Lipinski definition) is 5. The Labute approximate surface area is 316 Å². The number of hydrogen-bond donors (Lipinski definition) is 5. The molecule has 5 N–H and O–H groups in total. The first kappa shape index (κ1) is 49.8. The van der Waals surface area contributed by atoms with Crippen molar-refractivity contribution < 1.29 is 25.2 Å². The van der Waals surface area contributed by atoms with Crippen molar-refractivity contribution in [3.63, 3.8) is 0 Å². The summed E-state index contributed by atoms with van der Waals surface area (Å²) in [5.74, 6) is -0.608. The number of carbonyl (C=O) groups excluding carboxylic acids is 1. The second kappa shape index (κ2) is 40.0. The van der Waals surface area contributed by atoms with Gasteiger partial charge < -0.3 is 25.7 Å². The maximum Gasteiger partial charge on any atom is 0.249 e. The van der Waals surface area contributed by atoms with Crippen LogP contribution < -0.4 is 5.32 Å². The van der Waals surface area contributed by atoms with Crippen molar-refractivity contribution in [1.29, 1.82) is 0 Å². The number of aliphatic hydroxyl groups is 4. The Bertz CT molecular complexity index is 772. The molecular formula is C45H87NO5. The van der Waals surface area contributed by atoms with Crippen LogP contribution in [-0.2, 0) is 4.79 Å². The van der Waals surface area contributed by atoms with Gasteiger partial charge in [0.1, 0.15) is 12.2 Å². The third-order valence-corrected chi connectivity index (χ3v) is 10.4. The summed E-state index contributed by atoms with van der Waals surface area (Å²) in [5, 5.41) is 43.4. The highest BCUT2D eigenvalue weighted by Crippen LogP contribution is 2.16. The molecule has 4 unspecified atom stereocenters. The first-order chi connectivity index (χ1) is 25.0. The van der Waals surface area contributed by atoms with Crippen molar-refractivity contribution in [1.82, 2.24) is 5.32 Å². The minimum Gasteiger partial charge on any atom is -0.394 e. The lowest BCUT2D eigenvalue weighted by Gasteiger charge is -2.27. The second-order valence-corrected chi connectivity index (χ2v) is 15.4. The standard InChI is InChI=1S/C45H87NO5/c1-3-5-7-9-11-13-14-15-16-17-18-19-20-21-22-23-24-25-26-27-28-29-31-32-34-36-38-42(48)44(50)41(40-47)46-45(51)43(49)39-37-35-33-30-12-10-8-6-4-2/h10,12,31-32,41-44,47-50H,3-9,11,13-30,33-40H2,1-2H3,(H,46,51)/b12-10-,32-31+. The lowest BCUT2D eigenvalue weighted by atomic mass is 10.00. The van der Waals surface area contributed by atoms with Crippen LogP contribution in [0, 0.1) is 0 Å². The van der Waals surface area contributed by atoms with Crippen molar-refractivity contribution in [2.45, 2.75) is 250 Å². The Morgan fingerprint density at radius 1 is 0.471 bits per heavy atom. The van der Waals surface area contributed by atoms with E-state index in [-0.39, 0.29) is 0 Å². The number of amides is 1. The van der Waals surface area contributed by atoms with Gasteiger partial charge in [-0.1, -0.05) is 192 Å². The van der Waals surface area contributed by atoms with E-state index in [0.717, 1.165) is 51.4 Å². The molecule has 0 aliphatic carbocycles. The molecule has 0 aliphatic heterocycles. The molecule has 0 aromatic heterocycles. The van der Waals surface area contributed by atoms with Crippen LogP contribution in [-0.4, -0.2) is 57.3 Å². The largest absolute Gasteiger partial charge is 0.394 e. The van der Waals surface area contributed by atoms with Gasteiger partial charge in [-0.05, 0) is 57.8 Å². The van der Waals surface area contributed by atoms with E-state index >= 15 is 0 Å². The SMILES string of the molecule is CCCC/C=C\CCCCCC(O)C(=O)NC(CO)C(O)C(O)CCC/C=C/CCCCCCCCCCCCCCCCCCCCCCC. The highest BCUT2D eigenvalue weighted by molar-refractivity contribution is 5.80. The van der Waals surface area contributed by atoms with E-state index in [1.165, 1.54) is 148 Å². The number of aliphatic hydroxyl groups excluding tert-OH is 4. The first-order valence-corrected chi connectivity index (χ1v) is 22.2. The summed E-state index contributed by atoms with van der Waals surface area (Å²) in [7, 11) is 0. The molecule has 6 heteroatoms. The number of rotatable bonds is 40. The monoisotopic (exact) mass is 722 g/mol. The van der Waals surface area contributed by atoms with Crippen LogP contribution in [0.2, 0.25) is 0 Å². The molecule has 302 valence electrons. The van der Waals surface area contributed by atoms with Crippen LogP contribution in [0.25, 0.3) is 0 Å². The average Bonchev–Trinajstić information content (AvgIpc) is 3.13. The predicted molar refractivity (Wildman–Crippen MR) is 219 cm³/mol. The van der Waals surface area contributed by atoms with Crippen LogP contribution in [0.3, 0.4) is 0 Å². The van der Waals surface area contributed by atoms with E-state index < -0.39 is 36.9 Å². The molecule has 6 nitrogen and oxygen atoms in total. The topological polar surface area (TPSA) is 110 Å². The van der Waals surface area contributed by atoms with Crippen LogP contribution in [0.4, 0.5) is 0 Å². The van der Waals surface area contributed by atoms with E-state index in [1.54, 1.807) is 0 Å². The molecule has 1 amide bonds. The van der Waals surface area contributed by atoms with Crippen LogP contribution in [0.5, 0.6) is 0 Å². The van der Waals surface area contributed by atoms with Gasteiger partial charge in [-0.25, -0.2) is 0 Å². The summed E-state index contributed by atoms with van der Waals surface area (Å²) in [6.45, 7) is 3.97. The number of unbranched alkanes of at least 4 members (excludes halogenated alkanes) is 27. The van der Waals surface area contributed by atoms with E-state index in [4.69, 9.17) is 0 Å². The average molecular weight is 722 g/mol. The van der Waals surface area contributed by atoms with Crippen LogP contribution in [0.15, 0.2) is 24.3 Å². The molecular weight excluding hydrogens is 634 g/mol. The smallest absolute Gasteiger partial charge is 0.249 e. The molecule has 0 aliphatic rings. The highest BCUT2D eigenvalue weighted by Gasteiger charge is 2.28. The van der Waals surface area contributed by atoms with E-state index in [9.17, 15) is 25.2 Å². The van der Waals surface area contributed by atoms with Crippen LogP contribution >= 0.6 is 0 Å². The van der Waals surface area contributed by atoms with Crippen molar-refractivity contribution in [3.8, 4) is 0 Å². The lowest BCUT2D eigenvalue weighted by molar-refractivity contribution is -0.132. The molecule has 51 heavy (non-hydrogen) atoms. The number of nitrogens with one attached hydrogen (secondary N) is 1. The van der Waals surface area contributed by atoms with Gasteiger partial charge >= 0.3 is 0 Å². The van der Waals surface area contributed by atoms with Gasteiger partial charge in [0.15, 0.2) is 0 Å². The van der Waals surface area contributed by atoms with Crippen molar-refractivity contribution in [2.75, 3.05) is 6.61 Å². The van der Waals surface area contributed by atoms with Crippen molar-refractivity contribution in [2.24, 2.45) is 0 Å². The van der Waals surface area contributed by atoms with Gasteiger partial charge in [0, 0.05) is 0 Å². The van der Waals surface area contributed by atoms with E-state index in [1.807, 2.05) is 0 Å². The van der Waals surface area contributed by atoms with E-state index in [0.29, 0.717) is 12.8 Å². The Hall–Kier alpha value is -1.21. The molecule has 0 heterocycles. The third-order valence-electron chi connectivity index (χ3n) is 10.4. The maximum absolute atomic E-state index is 12.4. The third kappa shape index (κ3) is 34.3. The van der Waals surface area contributed by atoms with Gasteiger partial charge in [-0.2, -0.15) is 0 Å². The number of carbonyl (C=O) groups is 1. The Morgan fingerprint density at radius 3 is 1.24 bits per heavy atom. The normalized spacial score (nSPS) is 14.4. The molecule has 4 atom stereocenters. The molecule has 0 radical (unpaired) electrons. The van der Waals surface area contributed by atoms with Gasteiger partial charge in [-0.3, -0.25) is 4.79 Å². The fourth-order valence-corrected chi connectivity index (χ4v) is 6.80. The molecule has 0 bridgehead atoms. The fraction of sp³-hybridized carbons (Fsp3) is 0.889. The van der Waals surface area contributed by atoms with Gasteiger partial charge in [0.05, 0.1) is 18.8 Å². The zero-order valence-corrected chi connectivity index (χ0v) is 33.9. The molecule has 0 fully saturated rings. The second-order valence-electron chi connectivity index (χ2n) is 15.4. The minimum absolute atomic E-state index is 0.341.